The highest BCUT2D eigenvalue weighted by molar-refractivity contribution is 6.32. The lowest BCUT2D eigenvalue weighted by Gasteiger charge is -2.07. The average Bonchev–Trinajstić information content (AvgIpc) is 2.40. The molecule has 5 heteroatoms. The Morgan fingerprint density at radius 2 is 2.05 bits per heavy atom. The van der Waals surface area contributed by atoms with Gasteiger partial charge in [0.05, 0.1) is 17.4 Å². The highest BCUT2D eigenvalue weighted by atomic mass is 35.5. The minimum Gasteiger partial charge on any atom is -0.397 e. The smallest absolute Gasteiger partial charge is 0.254 e. The van der Waals surface area contributed by atoms with Crippen LogP contribution in [0.25, 0.3) is 0 Å². The van der Waals surface area contributed by atoms with Gasteiger partial charge in [-0.05, 0) is 18.6 Å². The van der Waals surface area contributed by atoms with E-state index in [1.807, 2.05) is 31.2 Å². The lowest BCUT2D eigenvalue weighted by atomic mass is 10.1. The Labute approximate surface area is 116 Å². The van der Waals surface area contributed by atoms with Gasteiger partial charge in [-0.15, -0.1) is 0 Å². The molecule has 0 aliphatic carbocycles. The number of hydrogen-bond acceptors (Lipinski definition) is 3. The van der Waals surface area contributed by atoms with Crippen LogP contribution in [0.15, 0.2) is 36.5 Å². The second-order valence-electron chi connectivity index (χ2n) is 4.28. The van der Waals surface area contributed by atoms with Crippen LogP contribution in [0.3, 0.4) is 0 Å². The zero-order valence-electron chi connectivity index (χ0n) is 10.5. The molecule has 19 heavy (non-hydrogen) atoms. The number of nitrogens with two attached hydrogens (primary N) is 1. The van der Waals surface area contributed by atoms with E-state index in [0.717, 1.165) is 5.56 Å². The first-order valence-corrected chi connectivity index (χ1v) is 6.19. The summed E-state index contributed by atoms with van der Waals surface area (Å²) in [6.45, 7) is 2.45. The van der Waals surface area contributed by atoms with Gasteiger partial charge in [0.25, 0.3) is 5.91 Å². The monoisotopic (exact) mass is 275 g/mol. The van der Waals surface area contributed by atoms with Crippen LogP contribution < -0.4 is 11.1 Å². The number of benzene rings is 1. The zero-order chi connectivity index (χ0) is 13.8. The predicted octanol–water partition coefficient (Wildman–Crippen LogP) is 2.56. The van der Waals surface area contributed by atoms with Crippen molar-refractivity contribution in [2.24, 2.45) is 0 Å². The average molecular weight is 276 g/mol. The molecule has 0 saturated carbocycles. The van der Waals surface area contributed by atoms with E-state index in [2.05, 4.69) is 10.3 Å². The number of nitrogens with one attached hydrogen (secondary N) is 1. The number of aromatic nitrogens is 1. The molecule has 0 aliphatic rings. The van der Waals surface area contributed by atoms with Gasteiger partial charge < -0.3 is 11.1 Å². The molecule has 0 atom stereocenters. The summed E-state index contributed by atoms with van der Waals surface area (Å²) >= 11 is 5.87. The number of nitrogen functional groups attached to an aromatic ring is 1. The van der Waals surface area contributed by atoms with E-state index in [1.165, 1.54) is 17.8 Å². The molecular weight excluding hydrogens is 262 g/mol. The summed E-state index contributed by atoms with van der Waals surface area (Å²) in [5.41, 5.74) is 8.48. The van der Waals surface area contributed by atoms with Crippen molar-refractivity contribution in [3.8, 4) is 0 Å². The predicted molar refractivity (Wildman–Crippen MR) is 76.0 cm³/mol. The highest BCUT2D eigenvalue weighted by Gasteiger charge is 2.11. The van der Waals surface area contributed by atoms with Gasteiger partial charge in [0.1, 0.15) is 5.15 Å². The summed E-state index contributed by atoms with van der Waals surface area (Å²) in [5.74, 6) is -0.287. The Morgan fingerprint density at radius 1 is 1.37 bits per heavy atom. The molecule has 0 radical (unpaired) electrons. The molecule has 2 aromatic rings. The van der Waals surface area contributed by atoms with Crippen LogP contribution in [0, 0.1) is 6.92 Å². The summed E-state index contributed by atoms with van der Waals surface area (Å²) in [6.07, 6.45) is 1.42. The highest BCUT2D eigenvalue weighted by Crippen LogP contribution is 2.15. The first kappa shape index (κ1) is 13.4. The van der Waals surface area contributed by atoms with Crippen LogP contribution in [0.4, 0.5) is 5.69 Å². The summed E-state index contributed by atoms with van der Waals surface area (Å²) in [4.78, 5) is 15.8. The van der Waals surface area contributed by atoms with Crippen molar-refractivity contribution >= 4 is 23.2 Å². The first-order chi connectivity index (χ1) is 9.06. The molecule has 0 unspecified atom stereocenters. The van der Waals surface area contributed by atoms with Gasteiger partial charge in [-0.1, -0.05) is 41.4 Å². The Kier molecular flexibility index (Phi) is 4.02. The summed E-state index contributed by atoms with van der Waals surface area (Å²) in [6, 6.07) is 9.44. The van der Waals surface area contributed by atoms with E-state index < -0.39 is 0 Å². The van der Waals surface area contributed by atoms with Crippen LogP contribution in [-0.4, -0.2) is 10.9 Å². The fourth-order valence-electron chi connectivity index (χ4n) is 1.61. The molecule has 0 saturated heterocycles. The van der Waals surface area contributed by atoms with Gasteiger partial charge in [-0.25, -0.2) is 4.98 Å². The minimum absolute atomic E-state index is 0.149. The van der Waals surface area contributed by atoms with Gasteiger partial charge in [-0.2, -0.15) is 0 Å². The number of pyridine rings is 1. The molecule has 3 N–H and O–H groups in total. The van der Waals surface area contributed by atoms with Crippen molar-refractivity contribution in [3.05, 3.63) is 58.4 Å². The maximum atomic E-state index is 12.0. The van der Waals surface area contributed by atoms with E-state index in [4.69, 9.17) is 17.3 Å². The van der Waals surface area contributed by atoms with Gasteiger partial charge in [-0.3, -0.25) is 4.79 Å². The third kappa shape index (κ3) is 3.45. The molecule has 0 aliphatic heterocycles. The Bertz CT molecular complexity index is 596. The summed E-state index contributed by atoms with van der Waals surface area (Å²) in [7, 11) is 0. The molecular formula is C14H14ClN3O. The molecule has 0 spiro atoms. The normalized spacial score (nSPS) is 10.2. The number of amides is 1. The first-order valence-electron chi connectivity index (χ1n) is 5.81. The number of carbonyl (C=O) groups is 1. The fourth-order valence-corrected chi connectivity index (χ4v) is 1.80. The van der Waals surface area contributed by atoms with E-state index >= 15 is 0 Å². The summed E-state index contributed by atoms with van der Waals surface area (Å²) < 4.78 is 0. The van der Waals surface area contributed by atoms with Gasteiger partial charge in [0, 0.05) is 6.54 Å². The lowest BCUT2D eigenvalue weighted by molar-refractivity contribution is 0.0951. The van der Waals surface area contributed by atoms with Crippen molar-refractivity contribution in [2.75, 3.05) is 5.73 Å². The molecule has 1 aromatic carbocycles. The molecule has 4 nitrogen and oxygen atoms in total. The number of halogens is 1. The van der Waals surface area contributed by atoms with Crippen molar-refractivity contribution in [1.82, 2.24) is 10.3 Å². The van der Waals surface area contributed by atoms with Crippen LogP contribution in [0.1, 0.15) is 21.5 Å². The maximum Gasteiger partial charge on any atom is 0.254 e. The van der Waals surface area contributed by atoms with Crippen molar-refractivity contribution in [1.29, 1.82) is 0 Å². The van der Waals surface area contributed by atoms with E-state index in [0.29, 0.717) is 12.2 Å². The van der Waals surface area contributed by atoms with E-state index in [1.54, 1.807) is 0 Å². The number of nitrogens with zero attached hydrogens (tertiary/aromatic N) is 1. The number of hydrogen-bond donors (Lipinski definition) is 2. The largest absolute Gasteiger partial charge is 0.397 e. The van der Waals surface area contributed by atoms with Gasteiger partial charge in [0.15, 0.2) is 0 Å². The second-order valence-corrected chi connectivity index (χ2v) is 4.63. The minimum atomic E-state index is -0.287. The Morgan fingerprint density at radius 3 is 2.74 bits per heavy atom. The molecule has 1 amide bonds. The topological polar surface area (TPSA) is 68.0 Å². The molecule has 1 heterocycles. The molecule has 2 rings (SSSR count). The number of rotatable bonds is 3. The lowest BCUT2D eigenvalue weighted by Crippen LogP contribution is -2.23. The van der Waals surface area contributed by atoms with Gasteiger partial charge in [0.2, 0.25) is 0 Å². The number of anilines is 1. The standard InChI is InChI=1S/C14H14ClN3O/c1-9-2-4-10(5-3-9)7-18-14(19)12-6-11(16)8-17-13(12)15/h2-6,8H,7,16H2,1H3,(H,18,19). The molecule has 0 fully saturated rings. The van der Waals surface area contributed by atoms with Crippen LogP contribution in [0.5, 0.6) is 0 Å². The van der Waals surface area contributed by atoms with E-state index in [-0.39, 0.29) is 16.6 Å². The molecule has 1 aromatic heterocycles. The third-order valence-corrected chi connectivity index (χ3v) is 2.98. The van der Waals surface area contributed by atoms with Crippen LogP contribution >= 0.6 is 11.6 Å². The Hall–Kier alpha value is -2.07. The third-order valence-electron chi connectivity index (χ3n) is 2.68. The number of aryl methyl sites for hydroxylation is 1. The second kappa shape index (κ2) is 5.71. The number of carbonyl (C=O) groups excluding carboxylic acids is 1. The molecule has 98 valence electrons. The molecule has 0 bridgehead atoms. The Balaban J connectivity index is 2.05. The van der Waals surface area contributed by atoms with Crippen molar-refractivity contribution < 1.29 is 4.79 Å². The maximum absolute atomic E-state index is 12.0. The van der Waals surface area contributed by atoms with Gasteiger partial charge >= 0.3 is 0 Å². The van der Waals surface area contributed by atoms with E-state index in [9.17, 15) is 4.79 Å². The SMILES string of the molecule is Cc1ccc(CNC(=O)c2cc(N)cnc2Cl)cc1. The van der Waals surface area contributed by atoms with Crippen LogP contribution in [-0.2, 0) is 6.54 Å². The van der Waals surface area contributed by atoms with Crippen molar-refractivity contribution in [3.63, 3.8) is 0 Å². The van der Waals surface area contributed by atoms with Crippen LogP contribution in [0.2, 0.25) is 5.15 Å². The van der Waals surface area contributed by atoms with Crippen molar-refractivity contribution in [2.45, 2.75) is 13.5 Å². The quantitative estimate of drug-likeness (QED) is 0.846. The fraction of sp³-hybridized carbons (Fsp3) is 0.143. The summed E-state index contributed by atoms with van der Waals surface area (Å²) in [5, 5.41) is 2.93. The zero-order valence-corrected chi connectivity index (χ0v) is 11.2.